The summed E-state index contributed by atoms with van der Waals surface area (Å²) in [4.78, 5) is 2.33. The van der Waals surface area contributed by atoms with E-state index in [0.717, 1.165) is 44.8 Å². The molecule has 2 aliphatic rings. The lowest BCUT2D eigenvalue weighted by atomic mass is 9.70. The third kappa shape index (κ3) is 3.78. The Labute approximate surface area is 295 Å². The molecule has 3 nitrogen and oxygen atoms in total. The maximum absolute atomic E-state index is 6.80. The molecule has 0 unspecified atom stereocenters. The lowest BCUT2D eigenvalue weighted by Crippen LogP contribution is -2.25. The Hall–Kier alpha value is -6.58. The van der Waals surface area contributed by atoms with Crippen molar-refractivity contribution in [1.29, 1.82) is 0 Å². The summed E-state index contributed by atoms with van der Waals surface area (Å²) in [5, 5.41) is 4.57. The first-order valence-electron chi connectivity index (χ1n) is 17.5. The fraction of sp³-hybridized carbons (Fsp3) is 0.0417. The van der Waals surface area contributed by atoms with Crippen molar-refractivity contribution in [3.8, 4) is 28.0 Å². The van der Waals surface area contributed by atoms with Gasteiger partial charge in [-0.25, -0.2) is 0 Å². The van der Waals surface area contributed by atoms with Crippen LogP contribution in [0.3, 0.4) is 0 Å². The van der Waals surface area contributed by atoms with Gasteiger partial charge in [0.25, 0.3) is 0 Å². The van der Waals surface area contributed by atoms with Gasteiger partial charge in [0.05, 0.1) is 18.2 Å². The molecule has 3 heteroatoms. The van der Waals surface area contributed by atoms with E-state index in [9.17, 15) is 0 Å². The maximum atomic E-state index is 6.80. The van der Waals surface area contributed by atoms with E-state index in [2.05, 4.69) is 163 Å². The number of fused-ring (bicyclic) bond motifs is 14. The molecule has 2 aliphatic carbocycles. The second kappa shape index (κ2) is 10.5. The molecule has 240 valence electrons. The normalized spacial score (nSPS) is 13.4. The van der Waals surface area contributed by atoms with E-state index in [1.807, 2.05) is 12.1 Å². The van der Waals surface area contributed by atoms with Crippen molar-refractivity contribution >= 4 is 49.8 Å². The molecule has 8 aromatic carbocycles. The summed E-state index contributed by atoms with van der Waals surface area (Å²) in [6, 6.07) is 61.6. The highest BCUT2D eigenvalue weighted by Gasteiger charge is 2.51. The number of hydrogen-bond acceptors (Lipinski definition) is 3. The average molecular weight is 654 g/mol. The van der Waals surface area contributed by atoms with Crippen molar-refractivity contribution in [2.24, 2.45) is 0 Å². The van der Waals surface area contributed by atoms with E-state index in [0.29, 0.717) is 0 Å². The van der Waals surface area contributed by atoms with E-state index in [-0.39, 0.29) is 5.41 Å². The molecule has 0 saturated heterocycles. The van der Waals surface area contributed by atoms with E-state index in [4.69, 9.17) is 9.15 Å². The van der Waals surface area contributed by atoms with Crippen LogP contribution < -0.4 is 9.64 Å². The molecule has 1 spiro atoms. The van der Waals surface area contributed by atoms with Crippen molar-refractivity contribution in [2.45, 2.75) is 5.41 Å². The number of nitrogens with zero attached hydrogens (tertiary/aromatic N) is 1. The summed E-state index contributed by atoms with van der Waals surface area (Å²) < 4.78 is 12.4. The Bertz CT molecular complexity index is 2820. The van der Waals surface area contributed by atoms with Gasteiger partial charge in [-0.2, -0.15) is 0 Å². The van der Waals surface area contributed by atoms with E-state index < -0.39 is 0 Å². The lowest BCUT2D eigenvalue weighted by Gasteiger charge is -2.31. The predicted molar refractivity (Wildman–Crippen MR) is 209 cm³/mol. The second-order valence-corrected chi connectivity index (χ2v) is 13.6. The third-order valence-corrected chi connectivity index (χ3v) is 11.2. The van der Waals surface area contributed by atoms with Gasteiger partial charge < -0.3 is 14.1 Å². The van der Waals surface area contributed by atoms with E-state index in [1.54, 1.807) is 7.11 Å². The number of anilines is 3. The summed E-state index contributed by atoms with van der Waals surface area (Å²) in [7, 11) is 1.71. The number of para-hydroxylation sites is 1. The largest absolute Gasteiger partial charge is 0.497 e. The van der Waals surface area contributed by atoms with Gasteiger partial charge in [0, 0.05) is 22.1 Å². The fourth-order valence-corrected chi connectivity index (χ4v) is 9.03. The number of benzene rings is 8. The first-order valence-corrected chi connectivity index (χ1v) is 17.5. The lowest BCUT2D eigenvalue weighted by molar-refractivity contribution is 0.415. The predicted octanol–water partition coefficient (Wildman–Crippen LogP) is 12.6. The topological polar surface area (TPSA) is 25.6 Å². The number of rotatable bonds is 4. The monoisotopic (exact) mass is 653 g/mol. The molecule has 0 amide bonds. The maximum Gasteiger partial charge on any atom is 0.159 e. The Morgan fingerprint density at radius 3 is 1.71 bits per heavy atom. The first-order chi connectivity index (χ1) is 25.2. The van der Waals surface area contributed by atoms with Crippen LogP contribution in [0, 0.1) is 0 Å². The molecule has 0 fully saturated rings. The quantitative estimate of drug-likeness (QED) is 0.189. The average Bonchev–Trinajstić information content (AvgIpc) is 3.81. The first kappa shape index (κ1) is 28.3. The third-order valence-electron chi connectivity index (χ3n) is 11.2. The van der Waals surface area contributed by atoms with Crippen molar-refractivity contribution in [3.05, 3.63) is 192 Å². The number of furan rings is 1. The van der Waals surface area contributed by atoms with Gasteiger partial charge >= 0.3 is 0 Å². The smallest absolute Gasteiger partial charge is 0.159 e. The Kier molecular flexibility index (Phi) is 5.80. The van der Waals surface area contributed by atoms with Crippen LogP contribution in [0.4, 0.5) is 17.1 Å². The summed E-state index contributed by atoms with van der Waals surface area (Å²) in [6.07, 6.45) is 0. The molecule has 1 heterocycles. The highest BCUT2D eigenvalue weighted by atomic mass is 16.5. The van der Waals surface area contributed by atoms with Crippen LogP contribution in [-0.4, -0.2) is 7.11 Å². The molecule has 1 aromatic heterocycles. The number of ether oxygens (including phenoxy) is 1. The Balaban J connectivity index is 1.18. The van der Waals surface area contributed by atoms with Crippen LogP contribution in [0.25, 0.3) is 55.0 Å². The molecular weight excluding hydrogens is 623 g/mol. The van der Waals surface area contributed by atoms with Gasteiger partial charge in [-0.3, -0.25) is 0 Å². The molecule has 11 rings (SSSR count). The van der Waals surface area contributed by atoms with Crippen LogP contribution in [0.1, 0.15) is 22.3 Å². The molecule has 0 bridgehead atoms. The fourth-order valence-electron chi connectivity index (χ4n) is 9.03. The van der Waals surface area contributed by atoms with Crippen LogP contribution in [0.2, 0.25) is 0 Å². The van der Waals surface area contributed by atoms with Crippen molar-refractivity contribution < 1.29 is 9.15 Å². The number of hydrogen-bond donors (Lipinski definition) is 0. The van der Waals surface area contributed by atoms with E-state index in [1.165, 1.54) is 55.3 Å². The Morgan fingerprint density at radius 2 is 1.04 bits per heavy atom. The SMILES string of the molecule is COc1ccc(N(c2ccc3c(c2)-c2ccccc2C32c3ccccc3-c3ccccc32)c2cccc3c2oc2cc4ccccc4cc23)cc1. The minimum atomic E-state index is -0.386. The molecule has 0 radical (unpaired) electrons. The summed E-state index contributed by atoms with van der Waals surface area (Å²) in [5.74, 6) is 0.815. The van der Waals surface area contributed by atoms with Gasteiger partial charge in [0.2, 0.25) is 0 Å². The van der Waals surface area contributed by atoms with Crippen LogP contribution in [0.15, 0.2) is 174 Å². The van der Waals surface area contributed by atoms with Gasteiger partial charge in [-0.1, -0.05) is 115 Å². The molecule has 0 aliphatic heterocycles. The van der Waals surface area contributed by atoms with Gasteiger partial charge in [-0.15, -0.1) is 0 Å². The van der Waals surface area contributed by atoms with Crippen molar-refractivity contribution in [2.75, 3.05) is 12.0 Å². The summed E-state index contributed by atoms with van der Waals surface area (Å²) in [6.45, 7) is 0. The summed E-state index contributed by atoms with van der Waals surface area (Å²) in [5.41, 5.74) is 14.9. The van der Waals surface area contributed by atoms with Crippen LogP contribution >= 0.6 is 0 Å². The Morgan fingerprint density at radius 1 is 0.471 bits per heavy atom. The zero-order valence-electron chi connectivity index (χ0n) is 27.9. The highest BCUT2D eigenvalue weighted by molar-refractivity contribution is 6.14. The van der Waals surface area contributed by atoms with Gasteiger partial charge in [0.1, 0.15) is 11.3 Å². The minimum Gasteiger partial charge on any atom is -0.497 e. The molecule has 0 N–H and O–H groups in total. The van der Waals surface area contributed by atoms with Crippen LogP contribution in [0.5, 0.6) is 5.75 Å². The van der Waals surface area contributed by atoms with Gasteiger partial charge in [0.15, 0.2) is 5.58 Å². The zero-order chi connectivity index (χ0) is 33.7. The van der Waals surface area contributed by atoms with E-state index >= 15 is 0 Å². The standard InChI is InChI=1S/C48H31NO2/c1-50-34-24-21-32(22-25-34)49(45-20-10-16-38-40-27-30-11-2-3-12-31(30)28-46(40)51-47(38)45)33-23-26-44-39(29-33)37-15-6-9-19-43(37)48(44)41-17-7-4-13-35(41)36-14-5-8-18-42(36)48/h2-29H,1H3. The zero-order valence-corrected chi connectivity index (χ0v) is 27.9. The minimum absolute atomic E-state index is 0.386. The van der Waals surface area contributed by atoms with Crippen LogP contribution in [-0.2, 0) is 5.41 Å². The van der Waals surface area contributed by atoms with Gasteiger partial charge in [-0.05, 0) is 110 Å². The summed E-state index contributed by atoms with van der Waals surface area (Å²) >= 11 is 0. The molecule has 9 aromatic rings. The molecule has 0 saturated carbocycles. The molecule has 51 heavy (non-hydrogen) atoms. The van der Waals surface area contributed by atoms with Crippen molar-refractivity contribution in [3.63, 3.8) is 0 Å². The van der Waals surface area contributed by atoms with Crippen molar-refractivity contribution in [1.82, 2.24) is 0 Å². The molecular formula is C48H31NO2. The molecule has 0 atom stereocenters. The second-order valence-electron chi connectivity index (χ2n) is 13.6. The highest BCUT2D eigenvalue weighted by Crippen LogP contribution is 2.63. The number of methoxy groups -OCH3 is 1.